The molecule has 92 valence electrons. The van der Waals surface area contributed by atoms with Crippen LogP contribution in [0.2, 0.25) is 0 Å². The lowest BCUT2D eigenvalue weighted by Gasteiger charge is -2.17. The molecule has 3 rings (SSSR count). The largest absolute Gasteiger partial charge is 0.305 e. The number of rotatable bonds is 1. The molecule has 2 aliphatic carbocycles. The molecule has 1 aromatic rings. The van der Waals surface area contributed by atoms with Crippen LogP contribution in [-0.2, 0) is 23.1 Å². The summed E-state index contributed by atoms with van der Waals surface area (Å²) in [6, 6.07) is 8.02. The Morgan fingerprint density at radius 2 is 1.47 bits per heavy atom. The summed E-state index contributed by atoms with van der Waals surface area (Å²) in [6.45, 7) is 0. The maximum Gasteiger partial charge on any atom is 0.305 e. The van der Waals surface area contributed by atoms with E-state index in [9.17, 15) is 12.3 Å². The summed E-state index contributed by atoms with van der Waals surface area (Å²) >= 11 is 0. The highest BCUT2D eigenvalue weighted by molar-refractivity contribution is 7.87. The van der Waals surface area contributed by atoms with Gasteiger partial charge in [0, 0.05) is 0 Å². The van der Waals surface area contributed by atoms with Gasteiger partial charge in [-0.05, 0) is 48.6 Å². The molecule has 1 saturated carbocycles. The topological polar surface area (TPSA) is 34.1 Å². The van der Waals surface area contributed by atoms with Crippen LogP contribution in [0.4, 0.5) is 3.89 Å². The Balaban J connectivity index is 2.03. The van der Waals surface area contributed by atoms with Gasteiger partial charge in [-0.15, -0.1) is 3.89 Å². The van der Waals surface area contributed by atoms with Crippen molar-refractivity contribution in [2.45, 2.75) is 30.9 Å². The number of hydrogen-bond donors (Lipinski definition) is 0. The van der Waals surface area contributed by atoms with Gasteiger partial charge in [0.15, 0.2) is 0 Å². The van der Waals surface area contributed by atoms with Gasteiger partial charge in [0.2, 0.25) is 0 Å². The quantitative estimate of drug-likeness (QED) is 0.721. The van der Waals surface area contributed by atoms with E-state index in [1.165, 1.54) is 11.1 Å². The first-order chi connectivity index (χ1) is 8.05. The lowest BCUT2D eigenvalue weighted by Crippen LogP contribution is -2.28. The average Bonchev–Trinajstić information content (AvgIpc) is 2.55. The Kier molecular flexibility index (Phi) is 2.51. The van der Waals surface area contributed by atoms with E-state index < -0.39 is 15.5 Å². The molecule has 2 unspecified atom stereocenters. The Hall–Kier alpha value is -0.900. The zero-order valence-corrected chi connectivity index (χ0v) is 10.3. The van der Waals surface area contributed by atoms with Crippen LogP contribution in [0.15, 0.2) is 24.3 Å². The summed E-state index contributed by atoms with van der Waals surface area (Å²) in [5.74, 6) is -0.0581. The van der Waals surface area contributed by atoms with Crippen molar-refractivity contribution in [2.75, 3.05) is 0 Å². The van der Waals surface area contributed by atoms with Crippen LogP contribution in [-0.4, -0.2) is 13.7 Å². The van der Waals surface area contributed by atoms with Crippen molar-refractivity contribution < 1.29 is 12.3 Å². The van der Waals surface area contributed by atoms with Crippen molar-refractivity contribution in [2.24, 2.45) is 11.8 Å². The second-order valence-electron chi connectivity index (χ2n) is 5.21. The third-order valence-corrected chi connectivity index (χ3v) is 5.67. The Bertz CT molecular complexity index is 505. The normalized spacial score (nSPS) is 31.9. The van der Waals surface area contributed by atoms with E-state index in [-0.39, 0.29) is 11.8 Å². The smallest absolute Gasteiger partial charge is 0.195 e. The molecular formula is C13H15FO2S. The van der Waals surface area contributed by atoms with Gasteiger partial charge in [-0.2, -0.15) is 8.42 Å². The van der Waals surface area contributed by atoms with E-state index in [0.29, 0.717) is 12.8 Å². The average molecular weight is 254 g/mol. The van der Waals surface area contributed by atoms with Gasteiger partial charge in [-0.1, -0.05) is 24.3 Å². The van der Waals surface area contributed by atoms with Crippen LogP contribution in [0.3, 0.4) is 0 Å². The van der Waals surface area contributed by atoms with E-state index in [0.717, 1.165) is 12.8 Å². The van der Waals surface area contributed by atoms with Crippen molar-refractivity contribution in [3.05, 3.63) is 35.4 Å². The molecule has 0 saturated heterocycles. The van der Waals surface area contributed by atoms with E-state index in [2.05, 4.69) is 0 Å². The number of benzene rings is 1. The molecule has 0 spiro atoms. The van der Waals surface area contributed by atoms with Gasteiger partial charge in [0.25, 0.3) is 0 Å². The predicted molar refractivity (Wildman–Crippen MR) is 63.9 cm³/mol. The van der Waals surface area contributed by atoms with Gasteiger partial charge < -0.3 is 0 Å². The minimum atomic E-state index is -4.40. The van der Waals surface area contributed by atoms with Gasteiger partial charge in [0.1, 0.15) is 0 Å². The summed E-state index contributed by atoms with van der Waals surface area (Å²) in [7, 11) is -4.40. The predicted octanol–water partition coefficient (Wildman–Crippen LogP) is 2.48. The van der Waals surface area contributed by atoms with E-state index in [1.807, 2.05) is 24.3 Å². The lowest BCUT2D eigenvalue weighted by atomic mass is 9.94. The summed E-state index contributed by atoms with van der Waals surface area (Å²) in [5.41, 5.74) is 2.40. The Morgan fingerprint density at radius 3 is 1.88 bits per heavy atom. The standard InChI is InChI=1S/C13H15FO2S/c14-17(15,16)13-11-5-6-12(13)8-10-4-2-1-3-9(10)7-11/h1-4,11-13H,5-8H2. The number of fused-ring (bicyclic) bond motifs is 3. The minimum Gasteiger partial charge on any atom is -0.195 e. The first-order valence-corrected chi connectivity index (χ1v) is 7.50. The van der Waals surface area contributed by atoms with Crippen LogP contribution >= 0.6 is 0 Å². The van der Waals surface area contributed by atoms with E-state index >= 15 is 0 Å². The van der Waals surface area contributed by atoms with Gasteiger partial charge in [0.05, 0.1) is 5.25 Å². The summed E-state index contributed by atoms with van der Waals surface area (Å²) in [4.78, 5) is 0. The van der Waals surface area contributed by atoms with Crippen molar-refractivity contribution in [1.82, 2.24) is 0 Å². The zero-order valence-electron chi connectivity index (χ0n) is 9.47. The summed E-state index contributed by atoms with van der Waals surface area (Å²) in [5, 5.41) is -0.769. The molecule has 0 radical (unpaired) electrons. The SMILES string of the molecule is O=S(=O)(F)C1C2CCC1Cc1ccccc1C2. The first kappa shape index (κ1) is 11.2. The van der Waals surface area contributed by atoms with Crippen molar-refractivity contribution >= 4 is 10.2 Å². The number of halogens is 1. The molecule has 0 heterocycles. The fraction of sp³-hybridized carbons (Fsp3) is 0.538. The third kappa shape index (κ3) is 1.88. The molecule has 0 amide bonds. The molecular weight excluding hydrogens is 239 g/mol. The van der Waals surface area contributed by atoms with Crippen LogP contribution in [0.5, 0.6) is 0 Å². The van der Waals surface area contributed by atoms with Gasteiger partial charge in [-0.3, -0.25) is 0 Å². The highest BCUT2D eigenvalue weighted by Crippen LogP contribution is 2.43. The molecule has 2 aliphatic rings. The maximum absolute atomic E-state index is 13.4. The molecule has 4 heteroatoms. The Morgan fingerprint density at radius 1 is 1.00 bits per heavy atom. The molecule has 1 aromatic carbocycles. The second-order valence-corrected chi connectivity index (χ2v) is 6.71. The summed E-state index contributed by atoms with van der Waals surface area (Å²) in [6.07, 6.45) is 3.10. The van der Waals surface area contributed by atoms with E-state index in [1.54, 1.807) is 0 Å². The molecule has 2 bridgehead atoms. The van der Waals surface area contributed by atoms with Gasteiger partial charge in [-0.25, -0.2) is 0 Å². The maximum atomic E-state index is 13.4. The third-order valence-electron chi connectivity index (χ3n) is 4.25. The van der Waals surface area contributed by atoms with Crippen LogP contribution in [0.1, 0.15) is 24.0 Å². The molecule has 17 heavy (non-hydrogen) atoms. The fourth-order valence-electron chi connectivity index (χ4n) is 3.56. The zero-order chi connectivity index (χ0) is 12.0. The Labute approximate surface area is 101 Å². The van der Waals surface area contributed by atoms with Crippen molar-refractivity contribution in [3.63, 3.8) is 0 Å². The van der Waals surface area contributed by atoms with Crippen molar-refractivity contribution in [3.8, 4) is 0 Å². The van der Waals surface area contributed by atoms with Crippen LogP contribution in [0.25, 0.3) is 0 Å². The molecule has 1 fully saturated rings. The monoisotopic (exact) mass is 254 g/mol. The molecule has 0 N–H and O–H groups in total. The fourth-order valence-corrected chi connectivity index (χ4v) is 4.94. The summed E-state index contributed by atoms with van der Waals surface area (Å²) < 4.78 is 36.0. The number of hydrogen-bond acceptors (Lipinski definition) is 2. The highest BCUT2D eigenvalue weighted by atomic mass is 32.3. The van der Waals surface area contributed by atoms with E-state index in [4.69, 9.17) is 0 Å². The molecule has 0 aliphatic heterocycles. The molecule has 2 nitrogen and oxygen atoms in total. The molecule has 2 atom stereocenters. The van der Waals surface area contributed by atoms with Gasteiger partial charge >= 0.3 is 10.2 Å². The minimum absolute atomic E-state index is 0.0290. The molecule has 0 aromatic heterocycles. The second kappa shape index (κ2) is 3.80. The van der Waals surface area contributed by atoms with Crippen molar-refractivity contribution in [1.29, 1.82) is 0 Å². The van der Waals surface area contributed by atoms with Crippen LogP contribution in [0, 0.1) is 11.8 Å². The highest BCUT2D eigenvalue weighted by Gasteiger charge is 2.46. The lowest BCUT2D eigenvalue weighted by molar-refractivity contribution is 0.455. The van der Waals surface area contributed by atoms with Crippen LogP contribution < -0.4 is 0 Å². The first-order valence-electron chi connectivity index (χ1n) is 6.06.